The molecule has 1 aromatic carbocycles. The molecule has 1 aliphatic heterocycles. The van der Waals surface area contributed by atoms with Crippen molar-refractivity contribution in [1.82, 2.24) is 25.4 Å². The van der Waals surface area contributed by atoms with E-state index < -0.39 is 0 Å². The van der Waals surface area contributed by atoms with E-state index >= 15 is 0 Å². The first-order valence-corrected chi connectivity index (χ1v) is 6.62. The zero-order chi connectivity index (χ0) is 14.1. The van der Waals surface area contributed by atoms with Gasteiger partial charge in [-0.1, -0.05) is 6.07 Å². The van der Waals surface area contributed by atoms with Crippen molar-refractivity contribution in [2.24, 2.45) is 7.05 Å². The lowest BCUT2D eigenvalue weighted by Crippen LogP contribution is -2.28. The van der Waals surface area contributed by atoms with Crippen LogP contribution >= 0.6 is 0 Å². The number of fused-ring (bicyclic) bond motifs is 1. The molecule has 104 valence electrons. The summed E-state index contributed by atoms with van der Waals surface area (Å²) in [6, 6.07) is 5.65. The predicted molar refractivity (Wildman–Crippen MR) is 73.9 cm³/mol. The Morgan fingerprint density at radius 1 is 1.40 bits per heavy atom. The predicted octanol–water partition coefficient (Wildman–Crippen LogP) is 0.909. The maximum Gasteiger partial charge on any atom is 0.251 e. The SMILES string of the molecule is CC(NC(=O)c1ccc2c(c1)CNC2)c1nncn1C. The highest BCUT2D eigenvalue weighted by Crippen LogP contribution is 2.17. The van der Waals surface area contributed by atoms with Gasteiger partial charge in [0.25, 0.3) is 5.91 Å². The van der Waals surface area contributed by atoms with Gasteiger partial charge in [0, 0.05) is 25.7 Å². The molecule has 0 aliphatic carbocycles. The van der Waals surface area contributed by atoms with Gasteiger partial charge in [0.2, 0.25) is 0 Å². The van der Waals surface area contributed by atoms with Crippen molar-refractivity contribution in [2.45, 2.75) is 26.1 Å². The Kier molecular flexibility index (Phi) is 3.23. The summed E-state index contributed by atoms with van der Waals surface area (Å²) in [5.74, 6) is 0.649. The van der Waals surface area contributed by atoms with Gasteiger partial charge in [0.1, 0.15) is 6.33 Å². The summed E-state index contributed by atoms with van der Waals surface area (Å²) in [6.45, 7) is 3.61. The van der Waals surface area contributed by atoms with Gasteiger partial charge in [-0.2, -0.15) is 0 Å². The fraction of sp³-hybridized carbons (Fsp3) is 0.357. The molecular formula is C14H17N5O. The summed E-state index contributed by atoms with van der Waals surface area (Å²) in [6.07, 6.45) is 1.62. The highest BCUT2D eigenvalue weighted by molar-refractivity contribution is 5.94. The van der Waals surface area contributed by atoms with Crippen LogP contribution in [0.5, 0.6) is 0 Å². The zero-order valence-corrected chi connectivity index (χ0v) is 11.6. The number of carbonyl (C=O) groups excluding carboxylic acids is 1. The van der Waals surface area contributed by atoms with Crippen LogP contribution in [0, 0.1) is 0 Å². The summed E-state index contributed by atoms with van der Waals surface area (Å²) in [4.78, 5) is 12.3. The number of aromatic nitrogens is 3. The topological polar surface area (TPSA) is 71.8 Å². The highest BCUT2D eigenvalue weighted by atomic mass is 16.1. The van der Waals surface area contributed by atoms with Crippen molar-refractivity contribution in [2.75, 3.05) is 0 Å². The average molecular weight is 271 g/mol. The lowest BCUT2D eigenvalue weighted by Gasteiger charge is -2.13. The van der Waals surface area contributed by atoms with Crippen LogP contribution < -0.4 is 10.6 Å². The molecule has 20 heavy (non-hydrogen) atoms. The third-order valence-electron chi connectivity index (χ3n) is 3.58. The van der Waals surface area contributed by atoms with E-state index in [0.717, 1.165) is 18.9 Å². The van der Waals surface area contributed by atoms with Crippen LogP contribution in [0.15, 0.2) is 24.5 Å². The minimum absolute atomic E-state index is 0.0878. The van der Waals surface area contributed by atoms with Crippen molar-refractivity contribution in [3.05, 3.63) is 47.0 Å². The molecule has 0 spiro atoms. The lowest BCUT2D eigenvalue weighted by atomic mass is 10.1. The molecule has 3 rings (SSSR count). The van der Waals surface area contributed by atoms with Gasteiger partial charge in [-0.25, -0.2) is 0 Å². The van der Waals surface area contributed by atoms with Gasteiger partial charge in [-0.3, -0.25) is 4.79 Å². The van der Waals surface area contributed by atoms with E-state index in [1.54, 1.807) is 10.9 Å². The van der Waals surface area contributed by atoms with Gasteiger partial charge >= 0.3 is 0 Å². The fourth-order valence-corrected chi connectivity index (χ4v) is 2.46. The molecule has 6 nitrogen and oxygen atoms in total. The summed E-state index contributed by atoms with van der Waals surface area (Å²) in [5.41, 5.74) is 3.15. The summed E-state index contributed by atoms with van der Waals surface area (Å²) in [5, 5.41) is 14.1. The molecular weight excluding hydrogens is 254 g/mol. The monoisotopic (exact) mass is 271 g/mol. The van der Waals surface area contributed by atoms with Crippen LogP contribution in [0.1, 0.15) is 40.3 Å². The molecule has 0 bridgehead atoms. The number of aryl methyl sites for hydroxylation is 1. The first-order valence-electron chi connectivity index (χ1n) is 6.62. The second kappa shape index (κ2) is 5.05. The fourth-order valence-electron chi connectivity index (χ4n) is 2.46. The van der Waals surface area contributed by atoms with E-state index in [1.165, 1.54) is 11.1 Å². The normalized spacial score (nSPS) is 14.9. The number of nitrogens with zero attached hydrogens (tertiary/aromatic N) is 3. The minimum atomic E-state index is -0.179. The van der Waals surface area contributed by atoms with Crippen molar-refractivity contribution in [3.63, 3.8) is 0 Å². The Labute approximate surface area is 117 Å². The first-order chi connectivity index (χ1) is 9.65. The van der Waals surface area contributed by atoms with Crippen LogP contribution in [0.25, 0.3) is 0 Å². The molecule has 6 heteroatoms. The molecule has 2 N–H and O–H groups in total. The van der Waals surface area contributed by atoms with Crippen LogP contribution in [0.3, 0.4) is 0 Å². The summed E-state index contributed by atoms with van der Waals surface area (Å²) in [7, 11) is 1.86. The largest absolute Gasteiger partial charge is 0.342 e. The molecule has 0 fully saturated rings. The van der Waals surface area contributed by atoms with E-state index in [2.05, 4.69) is 20.8 Å². The molecule has 1 unspecified atom stereocenters. The Bertz CT molecular complexity index is 649. The van der Waals surface area contributed by atoms with Crippen molar-refractivity contribution >= 4 is 5.91 Å². The maximum atomic E-state index is 12.3. The molecule has 1 aliphatic rings. The van der Waals surface area contributed by atoms with Crippen molar-refractivity contribution < 1.29 is 4.79 Å². The van der Waals surface area contributed by atoms with Gasteiger partial charge < -0.3 is 15.2 Å². The number of benzene rings is 1. The van der Waals surface area contributed by atoms with E-state index in [9.17, 15) is 4.79 Å². The molecule has 1 aromatic heterocycles. The second-order valence-electron chi connectivity index (χ2n) is 5.08. The molecule has 2 aromatic rings. The van der Waals surface area contributed by atoms with Crippen LogP contribution in [-0.2, 0) is 20.1 Å². The number of rotatable bonds is 3. The first kappa shape index (κ1) is 12.8. The second-order valence-corrected chi connectivity index (χ2v) is 5.08. The standard InChI is InChI=1S/C14H17N5O/c1-9(13-18-16-8-19(13)2)17-14(20)10-3-4-11-6-15-7-12(11)5-10/h3-5,8-9,15H,6-7H2,1-2H3,(H,17,20). The van der Waals surface area contributed by atoms with Crippen LogP contribution in [0.2, 0.25) is 0 Å². The van der Waals surface area contributed by atoms with Crippen LogP contribution in [0.4, 0.5) is 0 Å². The molecule has 1 atom stereocenters. The third-order valence-corrected chi connectivity index (χ3v) is 3.58. The summed E-state index contributed by atoms with van der Waals surface area (Å²) < 4.78 is 1.80. The quantitative estimate of drug-likeness (QED) is 0.870. The summed E-state index contributed by atoms with van der Waals surface area (Å²) >= 11 is 0. The number of carbonyl (C=O) groups is 1. The Balaban J connectivity index is 1.75. The van der Waals surface area contributed by atoms with Gasteiger partial charge in [-0.05, 0) is 30.2 Å². The van der Waals surface area contributed by atoms with Gasteiger partial charge in [0.15, 0.2) is 5.82 Å². The molecule has 0 radical (unpaired) electrons. The lowest BCUT2D eigenvalue weighted by molar-refractivity contribution is 0.0937. The van der Waals surface area contributed by atoms with E-state index in [4.69, 9.17) is 0 Å². The van der Waals surface area contributed by atoms with Crippen molar-refractivity contribution in [3.8, 4) is 0 Å². The third kappa shape index (κ3) is 2.30. The highest BCUT2D eigenvalue weighted by Gasteiger charge is 2.17. The van der Waals surface area contributed by atoms with Gasteiger partial charge in [0.05, 0.1) is 6.04 Å². The zero-order valence-electron chi connectivity index (χ0n) is 11.6. The smallest absolute Gasteiger partial charge is 0.251 e. The Hall–Kier alpha value is -2.21. The molecule has 0 saturated carbocycles. The number of amides is 1. The number of hydrogen-bond donors (Lipinski definition) is 2. The van der Waals surface area contributed by atoms with Gasteiger partial charge in [-0.15, -0.1) is 10.2 Å². The van der Waals surface area contributed by atoms with Crippen molar-refractivity contribution in [1.29, 1.82) is 0 Å². The molecule has 2 heterocycles. The van der Waals surface area contributed by atoms with Crippen LogP contribution in [-0.4, -0.2) is 20.7 Å². The average Bonchev–Trinajstić information content (AvgIpc) is 3.05. The van der Waals surface area contributed by atoms with E-state index in [1.807, 2.05) is 32.2 Å². The molecule has 1 amide bonds. The Morgan fingerprint density at radius 3 is 2.95 bits per heavy atom. The van der Waals surface area contributed by atoms with E-state index in [0.29, 0.717) is 5.56 Å². The minimum Gasteiger partial charge on any atom is -0.342 e. The maximum absolute atomic E-state index is 12.3. The number of nitrogens with one attached hydrogen (secondary N) is 2. The Morgan fingerprint density at radius 2 is 2.20 bits per heavy atom. The van der Waals surface area contributed by atoms with E-state index in [-0.39, 0.29) is 11.9 Å². The molecule has 0 saturated heterocycles. The number of hydrogen-bond acceptors (Lipinski definition) is 4.